The van der Waals surface area contributed by atoms with Crippen LogP contribution in [0, 0.1) is 0 Å². The maximum absolute atomic E-state index is 11.3. The summed E-state index contributed by atoms with van der Waals surface area (Å²) in [5, 5.41) is -3.69. The SMILES string of the molecule is O=C(Cl)c1cc(-c2cc(C(=O)Cl)nc(C(=O)Cl)c2)cc(C(=O)Cl)n1. The van der Waals surface area contributed by atoms with Gasteiger partial charge in [-0.05, 0) is 81.8 Å². The molecule has 2 aromatic rings. The summed E-state index contributed by atoms with van der Waals surface area (Å²) in [6.07, 6.45) is 0. The lowest BCUT2D eigenvalue weighted by Crippen LogP contribution is -2.05. The summed E-state index contributed by atoms with van der Waals surface area (Å²) in [7, 11) is 0. The number of nitrogens with zero attached hydrogens (tertiary/aromatic N) is 2. The molecular formula is C14H4Cl4N2O4. The van der Waals surface area contributed by atoms with E-state index in [2.05, 4.69) is 9.97 Å². The molecular weight excluding hydrogens is 402 g/mol. The van der Waals surface area contributed by atoms with Gasteiger partial charge in [0.15, 0.2) is 0 Å². The number of carbonyl (C=O) groups excluding carboxylic acids is 4. The van der Waals surface area contributed by atoms with E-state index in [0.29, 0.717) is 0 Å². The highest BCUT2D eigenvalue weighted by atomic mass is 35.5. The average molecular weight is 406 g/mol. The molecule has 0 atom stereocenters. The van der Waals surface area contributed by atoms with Crippen molar-refractivity contribution < 1.29 is 19.2 Å². The van der Waals surface area contributed by atoms with Gasteiger partial charge >= 0.3 is 0 Å². The monoisotopic (exact) mass is 404 g/mol. The minimum Gasteiger partial charge on any atom is -0.274 e. The van der Waals surface area contributed by atoms with E-state index in [9.17, 15) is 19.2 Å². The number of halogens is 4. The second-order valence-corrected chi connectivity index (χ2v) is 5.72. The zero-order valence-corrected chi connectivity index (χ0v) is 14.4. The van der Waals surface area contributed by atoms with Gasteiger partial charge in [-0.2, -0.15) is 0 Å². The van der Waals surface area contributed by atoms with Gasteiger partial charge in [0.1, 0.15) is 22.8 Å². The number of carbonyl (C=O) groups is 4. The van der Waals surface area contributed by atoms with Gasteiger partial charge in [0, 0.05) is 0 Å². The quantitative estimate of drug-likeness (QED) is 0.704. The Bertz CT molecular complexity index is 760. The zero-order chi connectivity index (χ0) is 18.0. The van der Waals surface area contributed by atoms with E-state index >= 15 is 0 Å². The van der Waals surface area contributed by atoms with Crippen LogP contribution in [0.5, 0.6) is 0 Å². The second kappa shape index (κ2) is 7.36. The van der Waals surface area contributed by atoms with Crippen molar-refractivity contribution in [3.05, 3.63) is 47.0 Å². The zero-order valence-electron chi connectivity index (χ0n) is 11.3. The van der Waals surface area contributed by atoms with Crippen LogP contribution in [0.4, 0.5) is 0 Å². The van der Waals surface area contributed by atoms with Crippen LogP contribution >= 0.6 is 46.4 Å². The summed E-state index contributed by atoms with van der Waals surface area (Å²) in [6, 6.07) is 5.00. The molecule has 0 saturated carbocycles. The molecule has 2 heterocycles. The van der Waals surface area contributed by atoms with Gasteiger partial charge in [-0.1, -0.05) is 0 Å². The number of hydrogen-bond donors (Lipinski definition) is 0. The summed E-state index contributed by atoms with van der Waals surface area (Å²) in [5.41, 5.74) is -0.502. The Morgan fingerprint density at radius 1 is 0.542 bits per heavy atom. The fourth-order valence-electron chi connectivity index (χ4n) is 1.80. The predicted octanol–water partition coefficient (Wildman–Crippen LogP) is 3.66. The normalized spacial score (nSPS) is 10.3. The maximum atomic E-state index is 11.3. The van der Waals surface area contributed by atoms with Gasteiger partial charge in [0.05, 0.1) is 0 Å². The average Bonchev–Trinajstić information content (AvgIpc) is 2.53. The molecule has 0 radical (unpaired) electrons. The van der Waals surface area contributed by atoms with Crippen LogP contribution in [0.3, 0.4) is 0 Å². The molecule has 2 aromatic heterocycles. The van der Waals surface area contributed by atoms with Crippen LogP contribution in [0.2, 0.25) is 0 Å². The molecule has 0 amide bonds. The molecule has 0 unspecified atom stereocenters. The third-order valence-corrected chi connectivity index (χ3v) is 3.56. The van der Waals surface area contributed by atoms with E-state index in [-0.39, 0.29) is 33.9 Å². The molecule has 2 rings (SSSR count). The molecule has 0 N–H and O–H groups in total. The fraction of sp³-hybridized carbons (Fsp3) is 0. The number of hydrogen-bond acceptors (Lipinski definition) is 6. The van der Waals surface area contributed by atoms with Crippen LogP contribution in [-0.4, -0.2) is 30.9 Å². The summed E-state index contributed by atoms with van der Waals surface area (Å²) < 4.78 is 0. The smallest absolute Gasteiger partial charge is 0.270 e. The molecule has 0 aliphatic carbocycles. The highest BCUT2D eigenvalue weighted by Gasteiger charge is 2.17. The van der Waals surface area contributed by atoms with Crippen molar-refractivity contribution in [1.82, 2.24) is 9.97 Å². The number of pyridine rings is 2. The van der Waals surface area contributed by atoms with E-state index in [0.717, 1.165) is 0 Å². The van der Waals surface area contributed by atoms with Crippen LogP contribution in [0.1, 0.15) is 42.0 Å². The molecule has 6 nitrogen and oxygen atoms in total. The second-order valence-electron chi connectivity index (χ2n) is 4.35. The van der Waals surface area contributed by atoms with Gasteiger partial charge in [-0.3, -0.25) is 19.2 Å². The highest BCUT2D eigenvalue weighted by Crippen LogP contribution is 2.25. The maximum Gasteiger partial charge on any atom is 0.270 e. The minimum atomic E-state index is -0.924. The van der Waals surface area contributed by atoms with Crippen LogP contribution in [-0.2, 0) is 0 Å². The fourth-order valence-corrected chi connectivity index (χ4v) is 2.18. The number of rotatable bonds is 5. The summed E-state index contributed by atoms with van der Waals surface area (Å²) in [4.78, 5) is 52.8. The first-order valence-electron chi connectivity index (χ1n) is 6.03. The number of aromatic nitrogens is 2. The third-order valence-electron chi connectivity index (χ3n) is 2.79. The Morgan fingerprint density at radius 3 is 0.917 bits per heavy atom. The first-order chi connectivity index (χ1) is 11.2. The van der Waals surface area contributed by atoms with Crippen LogP contribution in [0.25, 0.3) is 11.1 Å². The van der Waals surface area contributed by atoms with E-state index in [1.807, 2.05) is 0 Å². The van der Waals surface area contributed by atoms with Crippen molar-refractivity contribution >= 4 is 67.4 Å². The minimum absolute atomic E-state index is 0.235. The molecule has 0 fully saturated rings. The Hall–Kier alpha value is -1.86. The van der Waals surface area contributed by atoms with Crippen molar-refractivity contribution in [3.63, 3.8) is 0 Å². The van der Waals surface area contributed by atoms with E-state index in [4.69, 9.17) is 46.4 Å². The first-order valence-corrected chi connectivity index (χ1v) is 7.54. The molecule has 122 valence electrons. The summed E-state index contributed by atoms with van der Waals surface area (Å²) in [5.74, 6) is 0. The third kappa shape index (κ3) is 4.15. The molecule has 0 aromatic carbocycles. The molecule has 0 aliphatic heterocycles. The van der Waals surface area contributed by atoms with Crippen LogP contribution in [0.15, 0.2) is 24.3 Å². The first kappa shape index (κ1) is 18.5. The lowest BCUT2D eigenvalue weighted by molar-refractivity contribution is 0.105. The Kier molecular flexibility index (Phi) is 5.66. The van der Waals surface area contributed by atoms with Gasteiger partial charge in [0.25, 0.3) is 21.0 Å². The van der Waals surface area contributed by atoms with Gasteiger partial charge in [0.2, 0.25) is 0 Å². The van der Waals surface area contributed by atoms with Crippen molar-refractivity contribution in [3.8, 4) is 11.1 Å². The molecule has 0 saturated heterocycles. The largest absolute Gasteiger partial charge is 0.274 e. The van der Waals surface area contributed by atoms with Gasteiger partial charge < -0.3 is 0 Å². The summed E-state index contributed by atoms with van der Waals surface area (Å²) >= 11 is 21.5. The molecule has 0 spiro atoms. The van der Waals surface area contributed by atoms with Crippen LogP contribution < -0.4 is 0 Å². The topological polar surface area (TPSA) is 94.1 Å². The Balaban J connectivity index is 2.74. The Morgan fingerprint density at radius 2 is 0.750 bits per heavy atom. The van der Waals surface area contributed by atoms with Gasteiger partial charge in [-0.15, -0.1) is 0 Å². The highest BCUT2D eigenvalue weighted by molar-refractivity contribution is 6.69. The van der Waals surface area contributed by atoms with E-state index < -0.39 is 21.0 Å². The van der Waals surface area contributed by atoms with Gasteiger partial charge in [-0.25, -0.2) is 9.97 Å². The molecule has 0 bridgehead atoms. The Labute approximate surface area is 154 Å². The van der Waals surface area contributed by atoms with E-state index in [1.54, 1.807) is 0 Å². The van der Waals surface area contributed by atoms with Crippen molar-refractivity contribution in [2.24, 2.45) is 0 Å². The van der Waals surface area contributed by atoms with Crippen molar-refractivity contribution in [2.45, 2.75) is 0 Å². The van der Waals surface area contributed by atoms with Crippen molar-refractivity contribution in [2.75, 3.05) is 0 Å². The lowest BCUT2D eigenvalue weighted by atomic mass is 10.0. The predicted molar refractivity (Wildman–Crippen MR) is 88.2 cm³/mol. The van der Waals surface area contributed by atoms with E-state index in [1.165, 1.54) is 24.3 Å². The summed E-state index contributed by atoms with van der Waals surface area (Å²) in [6.45, 7) is 0. The molecule has 10 heteroatoms. The lowest BCUT2D eigenvalue weighted by Gasteiger charge is -2.07. The molecule has 0 aliphatic rings. The molecule has 24 heavy (non-hydrogen) atoms. The standard InChI is InChI=1S/C14H4Cl4N2O4/c15-11(21)7-1-5(2-8(19-7)12(16)22)6-3-9(13(17)23)20-10(4-6)14(18)24/h1-4H. The van der Waals surface area contributed by atoms with Crippen molar-refractivity contribution in [1.29, 1.82) is 0 Å².